The highest BCUT2D eigenvalue weighted by Crippen LogP contribution is 2.26. The third-order valence-corrected chi connectivity index (χ3v) is 7.98. The predicted molar refractivity (Wildman–Crippen MR) is 173 cm³/mol. The van der Waals surface area contributed by atoms with Crippen molar-refractivity contribution in [2.24, 2.45) is 0 Å². The van der Waals surface area contributed by atoms with Gasteiger partial charge in [-0.15, -0.1) is 11.3 Å². The van der Waals surface area contributed by atoms with Crippen LogP contribution < -0.4 is 16.0 Å². The number of benzene rings is 2. The van der Waals surface area contributed by atoms with Gasteiger partial charge in [0, 0.05) is 19.1 Å². The van der Waals surface area contributed by atoms with Crippen LogP contribution in [0.5, 0.6) is 0 Å². The van der Waals surface area contributed by atoms with Crippen molar-refractivity contribution in [3.63, 3.8) is 0 Å². The molecule has 11 nitrogen and oxygen atoms in total. The molecule has 0 radical (unpaired) electrons. The summed E-state index contributed by atoms with van der Waals surface area (Å²) in [6.45, 7) is 10.9. The molecule has 2 aromatic carbocycles. The van der Waals surface area contributed by atoms with Crippen molar-refractivity contribution in [1.82, 2.24) is 25.8 Å². The number of carbonyl (C=O) groups is 4. The van der Waals surface area contributed by atoms with Crippen LogP contribution in [0.4, 0.5) is 9.59 Å². The summed E-state index contributed by atoms with van der Waals surface area (Å²) in [6.07, 6.45) is 0.0129. The Kier molecular flexibility index (Phi) is 10.7. The lowest BCUT2D eigenvalue weighted by atomic mass is 10.0. The lowest BCUT2D eigenvalue weighted by Gasteiger charge is -2.25. The molecule has 0 spiro atoms. The van der Waals surface area contributed by atoms with E-state index in [1.807, 2.05) is 54.6 Å². The number of rotatable bonds is 9. The second-order valence-corrected chi connectivity index (χ2v) is 14.2. The Morgan fingerprint density at radius 2 is 1.58 bits per heavy atom. The summed E-state index contributed by atoms with van der Waals surface area (Å²) in [7, 11) is 0. The fourth-order valence-electron chi connectivity index (χ4n) is 5.04. The number of amides is 4. The van der Waals surface area contributed by atoms with Gasteiger partial charge >= 0.3 is 12.2 Å². The maximum absolute atomic E-state index is 13.7. The summed E-state index contributed by atoms with van der Waals surface area (Å²) >= 11 is 1.30. The molecule has 12 heteroatoms. The standard InChI is InChI=1S/C33H43N5O6S/c1-32(2,3)43-30(41)34-19-23-18-22(20-38(23)29(40)28-36-24-14-10-11-15-26(24)45-28)35-27(39)25(37-31(42)44-33(4,5)6)17-16-21-12-8-7-9-13-21/h7-15,22-23,25H,16-20H2,1-6H3,(H,34,41)(H,35,39)(H,37,42)/t22-,23-,25-/m0/s1. The smallest absolute Gasteiger partial charge is 0.408 e. The van der Waals surface area contributed by atoms with E-state index in [4.69, 9.17) is 9.47 Å². The van der Waals surface area contributed by atoms with E-state index < -0.39 is 41.5 Å². The largest absolute Gasteiger partial charge is 0.444 e. The Labute approximate surface area is 268 Å². The molecule has 3 N–H and O–H groups in total. The number of nitrogens with zero attached hydrogens (tertiary/aromatic N) is 2. The molecule has 1 aromatic heterocycles. The molecule has 3 aromatic rings. The summed E-state index contributed by atoms with van der Waals surface area (Å²) in [5.41, 5.74) is 0.352. The third-order valence-electron chi connectivity index (χ3n) is 6.95. The number of thiazole rings is 1. The summed E-state index contributed by atoms with van der Waals surface area (Å²) < 4.78 is 11.7. The van der Waals surface area contributed by atoms with Gasteiger partial charge in [0.1, 0.15) is 17.2 Å². The topological polar surface area (TPSA) is 139 Å². The average Bonchev–Trinajstić information content (AvgIpc) is 3.56. The normalized spacial score (nSPS) is 17.4. The van der Waals surface area contributed by atoms with Crippen molar-refractivity contribution in [1.29, 1.82) is 0 Å². The number of hydrogen-bond acceptors (Lipinski definition) is 8. The van der Waals surface area contributed by atoms with Gasteiger partial charge in [-0.2, -0.15) is 0 Å². The molecule has 1 saturated heterocycles. The first-order chi connectivity index (χ1) is 21.2. The number of ether oxygens (including phenoxy) is 2. The molecule has 0 saturated carbocycles. The Morgan fingerprint density at radius 3 is 2.24 bits per heavy atom. The van der Waals surface area contributed by atoms with Gasteiger partial charge in [0.25, 0.3) is 5.91 Å². The number of fused-ring (bicyclic) bond motifs is 1. The highest BCUT2D eigenvalue weighted by Gasteiger charge is 2.39. The van der Waals surface area contributed by atoms with Crippen molar-refractivity contribution in [3.05, 3.63) is 65.2 Å². The summed E-state index contributed by atoms with van der Waals surface area (Å²) in [6, 6.07) is 15.5. The van der Waals surface area contributed by atoms with Crippen molar-refractivity contribution in [2.45, 2.75) is 90.1 Å². The highest BCUT2D eigenvalue weighted by atomic mass is 32.1. The number of likely N-dealkylation sites (tertiary alicyclic amines) is 1. The van der Waals surface area contributed by atoms with E-state index in [9.17, 15) is 19.2 Å². The molecule has 0 aliphatic carbocycles. The number of aromatic nitrogens is 1. The van der Waals surface area contributed by atoms with E-state index in [0.717, 1.165) is 15.8 Å². The number of carbonyl (C=O) groups excluding carboxylic acids is 4. The number of hydrogen-bond donors (Lipinski definition) is 3. The van der Waals surface area contributed by atoms with Crippen molar-refractivity contribution in [3.8, 4) is 0 Å². The lowest BCUT2D eigenvalue weighted by molar-refractivity contribution is -0.124. The van der Waals surface area contributed by atoms with Gasteiger partial charge in [0.15, 0.2) is 5.01 Å². The van der Waals surface area contributed by atoms with Crippen LogP contribution >= 0.6 is 11.3 Å². The maximum atomic E-state index is 13.7. The molecule has 4 amide bonds. The van der Waals surface area contributed by atoms with E-state index in [1.165, 1.54) is 11.3 Å². The molecule has 0 unspecified atom stereocenters. The first-order valence-electron chi connectivity index (χ1n) is 15.1. The minimum absolute atomic E-state index is 0.130. The molecule has 2 heterocycles. The first-order valence-corrected chi connectivity index (χ1v) is 16.0. The van der Waals surface area contributed by atoms with E-state index in [1.54, 1.807) is 46.4 Å². The van der Waals surface area contributed by atoms with E-state index in [2.05, 4.69) is 20.9 Å². The van der Waals surface area contributed by atoms with Gasteiger partial charge < -0.3 is 30.3 Å². The third kappa shape index (κ3) is 10.2. The molecule has 3 atom stereocenters. The number of nitrogens with one attached hydrogen (secondary N) is 3. The zero-order valence-corrected chi connectivity index (χ0v) is 27.5. The first kappa shape index (κ1) is 33.7. The molecule has 1 fully saturated rings. The van der Waals surface area contributed by atoms with Crippen LogP contribution in [0.15, 0.2) is 54.6 Å². The molecule has 4 rings (SSSR count). The summed E-state index contributed by atoms with van der Waals surface area (Å²) in [5.74, 6) is -0.661. The molecule has 242 valence electrons. The average molecular weight is 638 g/mol. The lowest BCUT2D eigenvalue weighted by Crippen LogP contribution is -2.51. The Hall–Kier alpha value is -4.19. The van der Waals surface area contributed by atoms with Gasteiger partial charge in [-0.3, -0.25) is 9.59 Å². The number of alkyl carbamates (subject to hydrolysis) is 2. The van der Waals surface area contributed by atoms with Crippen LogP contribution in [0.3, 0.4) is 0 Å². The molecular weight excluding hydrogens is 594 g/mol. The van der Waals surface area contributed by atoms with Crippen molar-refractivity contribution in [2.75, 3.05) is 13.1 Å². The molecule has 1 aliphatic rings. The zero-order chi connectivity index (χ0) is 32.8. The Bertz CT molecular complexity index is 1460. The minimum atomic E-state index is -0.868. The highest BCUT2D eigenvalue weighted by molar-refractivity contribution is 7.20. The summed E-state index contributed by atoms with van der Waals surface area (Å²) in [5, 5.41) is 8.87. The Balaban J connectivity index is 1.49. The van der Waals surface area contributed by atoms with Crippen LogP contribution in [0.2, 0.25) is 0 Å². The van der Waals surface area contributed by atoms with Crippen LogP contribution in [0, 0.1) is 0 Å². The predicted octanol–water partition coefficient (Wildman–Crippen LogP) is 5.05. The zero-order valence-electron chi connectivity index (χ0n) is 26.7. The number of para-hydroxylation sites is 1. The van der Waals surface area contributed by atoms with Crippen molar-refractivity contribution < 1.29 is 28.7 Å². The second-order valence-electron chi connectivity index (χ2n) is 13.1. The van der Waals surface area contributed by atoms with Crippen molar-refractivity contribution >= 4 is 45.6 Å². The van der Waals surface area contributed by atoms with E-state index in [0.29, 0.717) is 24.3 Å². The molecule has 1 aliphatic heterocycles. The molecular formula is C33H43N5O6S. The molecule has 45 heavy (non-hydrogen) atoms. The monoisotopic (exact) mass is 637 g/mol. The van der Waals surface area contributed by atoms with E-state index in [-0.39, 0.29) is 24.9 Å². The van der Waals surface area contributed by atoms with Crippen LogP contribution in [-0.2, 0) is 20.7 Å². The van der Waals surface area contributed by atoms with E-state index >= 15 is 0 Å². The van der Waals surface area contributed by atoms with Crippen LogP contribution in [0.25, 0.3) is 10.2 Å². The van der Waals surface area contributed by atoms with Crippen LogP contribution in [0.1, 0.15) is 69.7 Å². The number of aryl methyl sites for hydroxylation is 1. The second kappa shape index (κ2) is 14.3. The van der Waals surface area contributed by atoms with Gasteiger partial charge in [0.05, 0.1) is 16.3 Å². The van der Waals surface area contributed by atoms with Gasteiger partial charge in [-0.25, -0.2) is 14.6 Å². The van der Waals surface area contributed by atoms with Gasteiger partial charge in [-0.05, 0) is 78.5 Å². The SMILES string of the molecule is CC(C)(C)OC(=O)NC[C@@H]1C[C@H](NC(=O)[C@H](CCc2ccccc2)NC(=O)OC(C)(C)C)CN1C(=O)c1nc2ccccc2s1. The fourth-order valence-corrected chi connectivity index (χ4v) is 5.96. The maximum Gasteiger partial charge on any atom is 0.408 e. The van der Waals surface area contributed by atoms with Gasteiger partial charge in [-0.1, -0.05) is 42.5 Å². The fraction of sp³-hybridized carbons (Fsp3) is 0.485. The van der Waals surface area contributed by atoms with Crippen LogP contribution in [-0.4, -0.2) is 76.3 Å². The minimum Gasteiger partial charge on any atom is -0.444 e. The summed E-state index contributed by atoms with van der Waals surface area (Å²) in [4.78, 5) is 58.7. The molecule has 0 bridgehead atoms. The quantitative estimate of drug-likeness (QED) is 0.299. The van der Waals surface area contributed by atoms with Gasteiger partial charge in [0.2, 0.25) is 5.91 Å². The Morgan fingerprint density at radius 1 is 0.933 bits per heavy atom.